The predicted octanol–water partition coefficient (Wildman–Crippen LogP) is 2.67. The minimum atomic E-state index is -0.0937. The fraction of sp³-hybridized carbons (Fsp3) is 0.600. The number of piperidine rings is 1. The maximum Gasteiger partial charge on any atom is 0.258 e. The molecule has 5 nitrogen and oxygen atoms in total. The number of amides is 2. The van der Waals surface area contributed by atoms with Gasteiger partial charge in [-0.2, -0.15) is 0 Å². The van der Waals surface area contributed by atoms with Crippen molar-refractivity contribution in [3.05, 3.63) is 29.8 Å². The molecule has 2 fully saturated rings. The highest BCUT2D eigenvalue weighted by atomic mass is 16.5. The van der Waals surface area contributed by atoms with E-state index >= 15 is 0 Å². The van der Waals surface area contributed by atoms with E-state index in [4.69, 9.17) is 4.74 Å². The topological polar surface area (TPSA) is 58.6 Å². The first-order valence-corrected chi connectivity index (χ1v) is 9.40. The molecule has 2 aliphatic rings. The Hall–Kier alpha value is -2.04. The van der Waals surface area contributed by atoms with Gasteiger partial charge in [-0.1, -0.05) is 31.0 Å². The summed E-state index contributed by atoms with van der Waals surface area (Å²) in [5.74, 6) is 1.22. The van der Waals surface area contributed by atoms with Crippen molar-refractivity contribution in [2.45, 2.75) is 51.5 Å². The van der Waals surface area contributed by atoms with Crippen LogP contribution in [0.15, 0.2) is 24.3 Å². The van der Waals surface area contributed by atoms with Crippen molar-refractivity contribution in [2.24, 2.45) is 5.92 Å². The second-order valence-electron chi connectivity index (χ2n) is 7.20. The van der Waals surface area contributed by atoms with Gasteiger partial charge in [-0.3, -0.25) is 9.59 Å². The number of likely N-dealkylation sites (tertiary alicyclic amines) is 1. The number of benzene rings is 1. The monoisotopic (exact) mass is 344 g/mol. The summed E-state index contributed by atoms with van der Waals surface area (Å²) in [4.78, 5) is 26.5. The van der Waals surface area contributed by atoms with E-state index in [1.54, 1.807) is 0 Å². The lowest BCUT2D eigenvalue weighted by molar-refractivity contribution is -0.136. The molecule has 1 N–H and O–H groups in total. The summed E-state index contributed by atoms with van der Waals surface area (Å²) < 4.78 is 5.59. The van der Waals surface area contributed by atoms with Gasteiger partial charge in [0.25, 0.3) is 5.91 Å². The van der Waals surface area contributed by atoms with Crippen LogP contribution in [0.25, 0.3) is 0 Å². The first kappa shape index (κ1) is 17.8. The zero-order chi connectivity index (χ0) is 17.6. The molecule has 3 rings (SSSR count). The first-order valence-electron chi connectivity index (χ1n) is 9.40. The van der Waals surface area contributed by atoms with Crippen molar-refractivity contribution in [1.82, 2.24) is 10.2 Å². The van der Waals surface area contributed by atoms with Gasteiger partial charge in [0.05, 0.1) is 0 Å². The first-order chi connectivity index (χ1) is 12.1. The summed E-state index contributed by atoms with van der Waals surface area (Å²) in [7, 11) is 0. The SMILES string of the molecule is Cc1ccccc1OCC(=O)NC1CCN(C(=O)C2CCCC2)CC1. The summed E-state index contributed by atoms with van der Waals surface area (Å²) in [6.07, 6.45) is 6.12. The molecule has 0 atom stereocenters. The molecule has 25 heavy (non-hydrogen) atoms. The van der Waals surface area contributed by atoms with E-state index in [1.165, 1.54) is 12.8 Å². The van der Waals surface area contributed by atoms with Crippen LogP contribution >= 0.6 is 0 Å². The molecule has 0 unspecified atom stereocenters. The normalized spacial score (nSPS) is 19.0. The van der Waals surface area contributed by atoms with Crippen LogP contribution in [0.3, 0.4) is 0 Å². The third-order valence-electron chi connectivity index (χ3n) is 5.33. The number of aryl methyl sites for hydroxylation is 1. The molecule has 0 aromatic heterocycles. The minimum absolute atomic E-state index is 0.0338. The molecule has 0 radical (unpaired) electrons. The molecule has 1 saturated carbocycles. The van der Waals surface area contributed by atoms with E-state index in [9.17, 15) is 9.59 Å². The molecule has 2 amide bonds. The molecular formula is C20H28N2O3. The molecule has 1 aliphatic carbocycles. The lowest BCUT2D eigenvalue weighted by atomic mass is 10.0. The van der Waals surface area contributed by atoms with Gasteiger partial charge in [0.2, 0.25) is 5.91 Å². The van der Waals surface area contributed by atoms with Crippen molar-refractivity contribution < 1.29 is 14.3 Å². The Labute approximate surface area is 149 Å². The van der Waals surface area contributed by atoms with E-state index in [-0.39, 0.29) is 24.5 Å². The zero-order valence-electron chi connectivity index (χ0n) is 15.0. The standard InChI is InChI=1S/C20H28N2O3/c1-15-6-2-5-9-18(15)25-14-19(23)21-17-10-12-22(13-11-17)20(24)16-7-3-4-8-16/h2,5-6,9,16-17H,3-4,7-8,10-14H2,1H3,(H,21,23). The Kier molecular flexibility index (Phi) is 5.95. The smallest absolute Gasteiger partial charge is 0.258 e. The number of carbonyl (C=O) groups excluding carboxylic acids is 2. The molecule has 1 aliphatic heterocycles. The fourth-order valence-corrected chi connectivity index (χ4v) is 3.81. The number of hydrogen-bond donors (Lipinski definition) is 1. The Morgan fingerprint density at radius 1 is 1.12 bits per heavy atom. The molecule has 1 heterocycles. The molecule has 0 bridgehead atoms. The Morgan fingerprint density at radius 3 is 2.48 bits per heavy atom. The summed E-state index contributed by atoms with van der Waals surface area (Å²) in [6.45, 7) is 3.49. The quantitative estimate of drug-likeness (QED) is 0.893. The number of nitrogens with one attached hydrogen (secondary N) is 1. The van der Waals surface area contributed by atoms with Crippen LogP contribution in [0.4, 0.5) is 0 Å². The Bertz CT molecular complexity index is 603. The highest BCUT2D eigenvalue weighted by Gasteiger charge is 2.30. The van der Waals surface area contributed by atoms with Crippen LogP contribution in [0.2, 0.25) is 0 Å². The molecule has 136 valence electrons. The van der Waals surface area contributed by atoms with Crippen LogP contribution in [-0.2, 0) is 9.59 Å². The average molecular weight is 344 g/mol. The third kappa shape index (κ3) is 4.74. The Morgan fingerprint density at radius 2 is 1.80 bits per heavy atom. The van der Waals surface area contributed by atoms with E-state index < -0.39 is 0 Å². The summed E-state index contributed by atoms with van der Waals surface area (Å²) >= 11 is 0. The molecule has 1 aromatic carbocycles. The van der Waals surface area contributed by atoms with Gasteiger partial charge in [-0.25, -0.2) is 0 Å². The van der Waals surface area contributed by atoms with Gasteiger partial charge in [0.1, 0.15) is 5.75 Å². The molecule has 1 aromatic rings. The maximum absolute atomic E-state index is 12.4. The predicted molar refractivity (Wildman–Crippen MR) is 96.4 cm³/mol. The number of nitrogens with zero attached hydrogens (tertiary/aromatic N) is 1. The molecule has 0 spiro atoms. The zero-order valence-corrected chi connectivity index (χ0v) is 15.0. The lowest BCUT2D eigenvalue weighted by Gasteiger charge is -2.34. The minimum Gasteiger partial charge on any atom is -0.484 e. The number of ether oxygens (including phenoxy) is 1. The molecule has 5 heteroatoms. The number of para-hydroxylation sites is 1. The van der Waals surface area contributed by atoms with Gasteiger partial charge in [-0.15, -0.1) is 0 Å². The number of carbonyl (C=O) groups is 2. The van der Waals surface area contributed by atoms with Crippen LogP contribution in [-0.4, -0.2) is 42.5 Å². The van der Waals surface area contributed by atoms with E-state index in [1.807, 2.05) is 36.1 Å². The molecular weight excluding hydrogens is 316 g/mol. The number of hydrogen-bond acceptors (Lipinski definition) is 3. The fourth-order valence-electron chi connectivity index (χ4n) is 3.81. The second kappa shape index (κ2) is 8.37. The van der Waals surface area contributed by atoms with Crippen LogP contribution in [0.5, 0.6) is 5.75 Å². The van der Waals surface area contributed by atoms with Gasteiger partial charge in [0, 0.05) is 25.0 Å². The molecule has 1 saturated heterocycles. The van der Waals surface area contributed by atoms with Crippen molar-refractivity contribution in [2.75, 3.05) is 19.7 Å². The van der Waals surface area contributed by atoms with Crippen molar-refractivity contribution in [3.63, 3.8) is 0 Å². The third-order valence-corrected chi connectivity index (χ3v) is 5.33. The van der Waals surface area contributed by atoms with Crippen LogP contribution < -0.4 is 10.1 Å². The average Bonchev–Trinajstić information content (AvgIpc) is 3.16. The van der Waals surface area contributed by atoms with E-state index in [2.05, 4.69) is 5.32 Å². The van der Waals surface area contributed by atoms with Gasteiger partial charge >= 0.3 is 0 Å². The van der Waals surface area contributed by atoms with Crippen molar-refractivity contribution in [3.8, 4) is 5.75 Å². The van der Waals surface area contributed by atoms with Crippen molar-refractivity contribution in [1.29, 1.82) is 0 Å². The van der Waals surface area contributed by atoms with Crippen molar-refractivity contribution >= 4 is 11.8 Å². The summed E-state index contributed by atoms with van der Waals surface area (Å²) in [5.41, 5.74) is 1.02. The summed E-state index contributed by atoms with van der Waals surface area (Å²) in [6, 6.07) is 7.82. The largest absolute Gasteiger partial charge is 0.484 e. The van der Waals surface area contributed by atoms with Crippen LogP contribution in [0.1, 0.15) is 44.1 Å². The van der Waals surface area contributed by atoms with Gasteiger partial charge in [-0.05, 0) is 44.2 Å². The van der Waals surface area contributed by atoms with Gasteiger partial charge in [0.15, 0.2) is 6.61 Å². The lowest BCUT2D eigenvalue weighted by Crippen LogP contribution is -2.48. The van der Waals surface area contributed by atoms with E-state index in [0.29, 0.717) is 5.91 Å². The highest BCUT2D eigenvalue weighted by molar-refractivity contribution is 5.79. The van der Waals surface area contributed by atoms with E-state index in [0.717, 1.165) is 50.1 Å². The number of rotatable bonds is 5. The van der Waals surface area contributed by atoms with Gasteiger partial charge < -0.3 is 15.0 Å². The highest BCUT2D eigenvalue weighted by Crippen LogP contribution is 2.27. The second-order valence-corrected chi connectivity index (χ2v) is 7.20. The summed E-state index contributed by atoms with van der Waals surface area (Å²) in [5, 5.41) is 3.04. The Balaban J connectivity index is 1.39. The maximum atomic E-state index is 12.4. The van der Waals surface area contributed by atoms with Crippen LogP contribution in [0, 0.1) is 12.8 Å².